The van der Waals surface area contributed by atoms with Gasteiger partial charge in [0, 0.05) is 23.5 Å². The van der Waals surface area contributed by atoms with Gasteiger partial charge >= 0.3 is 6.18 Å². The van der Waals surface area contributed by atoms with Crippen molar-refractivity contribution in [3.8, 4) is 17.8 Å². The number of hydrogen-bond acceptors (Lipinski definition) is 8. The zero-order valence-corrected chi connectivity index (χ0v) is 19.6. The van der Waals surface area contributed by atoms with Gasteiger partial charge in [0.1, 0.15) is 17.3 Å². The number of alkyl halides is 3. The van der Waals surface area contributed by atoms with Crippen molar-refractivity contribution in [3.05, 3.63) is 95.9 Å². The molecule has 1 amide bonds. The summed E-state index contributed by atoms with van der Waals surface area (Å²) in [6.07, 6.45) is -0.298. The lowest BCUT2D eigenvalue weighted by Crippen LogP contribution is -2.13. The Morgan fingerprint density at radius 2 is 1.74 bits per heavy atom. The van der Waals surface area contributed by atoms with Crippen molar-refractivity contribution < 1.29 is 23.1 Å². The van der Waals surface area contributed by atoms with Gasteiger partial charge in [-0.2, -0.15) is 28.2 Å². The number of azo groups is 1. The number of fused-ring (bicyclic) bond motifs is 1. The van der Waals surface area contributed by atoms with Gasteiger partial charge in [0.25, 0.3) is 11.9 Å². The van der Waals surface area contributed by atoms with Crippen molar-refractivity contribution in [3.63, 3.8) is 0 Å². The number of halogens is 3. The second kappa shape index (κ2) is 10.0. The predicted octanol–water partition coefficient (Wildman–Crippen LogP) is 6.08. The van der Waals surface area contributed by atoms with E-state index in [2.05, 4.69) is 30.6 Å². The lowest BCUT2D eigenvalue weighted by Gasteiger charge is -2.12. The van der Waals surface area contributed by atoms with E-state index in [-0.39, 0.29) is 34.3 Å². The summed E-state index contributed by atoms with van der Waals surface area (Å²) in [4.78, 5) is 21.2. The van der Waals surface area contributed by atoms with Crippen molar-refractivity contribution >= 4 is 33.9 Å². The highest BCUT2D eigenvalue weighted by molar-refractivity contribution is 6.11. The van der Waals surface area contributed by atoms with Crippen LogP contribution in [0.15, 0.2) is 89.5 Å². The Bertz CT molecular complexity index is 1760. The van der Waals surface area contributed by atoms with Crippen LogP contribution in [-0.2, 0) is 6.18 Å². The van der Waals surface area contributed by atoms with Crippen molar-refractivity contribution in [2.45, 2.75) is 6.18 Å². The fraction of sp³-hybridized carbons (Fsp3) is 0.0385. The second-order valence-corrected chi connectivity index (χ2v) is 8.03. The molecule has 0 aliphatic carbocycles. The first kappa shape index (κ1) is 25.0. The average molecular weight is 528 g/mol. The van der Waals surface area contributed by atoms with Gasteiger partial charge in [0.15, 0.2) is 11.6 Å². The first-order valence-electron chi connectivity index (χ1n) is 11.2. The molecule has 0 fully saturated rings. The molecule has 192 valence electrons. The summed E-state index contributed by atoms with van der Waals surface area (Å²) in [6.45, 7) is 0. The van der Waals surface area contributed by atoms with E-state index in [1.54, 1.807) is 30.3 Å². The molecule has 2 heterocycles. The molecule has 10 nitrogen and oxygen atoms in total. The number of anilines is 1. The minimum Gasteiger partial charge on any atom is -0.505 e. The van der Waals surface area contributed by atoms with Crippen LogP contribution in [0.4, 0.5) is 30.4 Å². The zero-order valence-electron chi connectivity index (χ0n) is 19.6. The Hall–Kier alpha value is -5.64. The SMILES string of the molecule is N#Cc1cnn(-c2ncccn2)c1N=Nc1c(O)c(C(=O)Nc2ccc(C(F)(F)F)cc2)cc2ccccc12. The number of carbonyl (C=O) groups excluding carboxylic acids is 1. The van der Waals surface area contributed by atoms with Crippen LogP contribution in [0.5, 0.6) is 5.75 Å². The van der Waals surface area contributed by atoms with Crippen molar-refractivity contribution in [1.29, 1.82) is 5.26 Å². The summed E-state index contributed by atoms with van der Waals surface area (Å²) in [6, 6.07) is 15.6. The van der Waals surface area contributed by atoms with E-state index in [9.17, 15) is 28.3 Å². The summed E-state index contributed by atoms with van der Waals surface area (Å²) < 4.78 is 39.8. The van der Waals surface area contributed by atoms with E-state index in [0.717, 1.165) is 24.3 Å². The highest BCUT2D eigenvalue weighted by Crippen LogP contribution is 2.40. The quantitative estimate of drug-likeness (QED) is 0.265. The van der Waals surface area contributed by atoms with Gasteiger partial charge < -0.3 is 10.4 Å². The third-order valence-electron chi connectivity index (χ3n) is 5.56. The van der Waals surface area contributed by atoms with Gasteiger partial charge in [-0.05, 0) is 41.8 Å². The van der Waals surface area contributed by atoms with Crippen LogP contribution in [-0.4, -0.2) is 30.8 Å². The van der Waals surface area contributed by atoms with E-state index >= 15 is 0 Å². The van der Waals surface area contributed by atoms with Crippen LogP contribution in [0.25, 0.3) is 16.7 Å². The van der Waals surface area contributed by atoms with E-state index in [4.69, 9.17) is 0 Å². The van der Waals surface area contributed by atoms with Crippen LogP contribution in [0.1, 0.15) is 21.5 Å². The number of carbonyl (C=O) groups is 1. The number of hydrogen-bond donors (Lipinski definition) is 2. The van der Waals surface area contributed by atoms with E-state index in [1.807, 2.05) is 6.07 Å². The lowest BCUT2D eigenvalue weighted by molar-refractivity contribution is -0.137. The molecule has 0 atom stereocenters. The summed E-state index contributed by atoms with van der Waals surface area (Å²) in [5, 5.41) is 36.4. The molecule has 0 saturated carbocycles. The van der Waals surface area contributed by atoms with E-state index < -0.39 is 23.4 Å². The van der Waals surface area contributed by atoms with Gasteiger partial charge in [-0.15, -0.1) is 10.2 Å². The first-order chi connectivity index (χ1) is 18.8. The van der Waals surface area contributed by atoms with Crippen LogP contribution in [0.2, 0.25) is 0 Å². The average Bonchev–Trinajstić information content (AvgIpc) is 3.35. The maximum Gasteiger partial charge on any atom is 0.416 e. The number of benzene rings is 3. The Kier molecular flexibility index (Phi) is 6.43. The summed E-state index contributed by atoms with van der Waals surface area (Å²) in [7, 11) is 0. The zero-order chi connectivity index (χ0) is 27.6. The molecule has 5 rings (SSSR count). The third kappa shape index (κ3) is 4.98. The number of aromatic nitrogens is 4. The molecule has 13 heteroatoms. The summed E-state index contributed by atoms with van der Waals surface area (Å²) >= 11 is 0. The molecular formula is C26H15F3N8O2. The number of nitrogens with zero attached hydrogens (tertiary/aromatic N) is 7. The topological polar surface area (TPSA) is 141 Å². The summed E-state index contributed by atoms with van der Waals surface area (Å²) in [5.74, 6) is -1.18. The van der Waals surface area contributed by atoms with Crippen molar-refractivity contribution in [2.24, 2.45) is 10.2 Å². The fourth-order valence-corrected chi connectivity index (χ4v) is 3.69. The van der Waals surface area contributed by atoms with Crippen LogP contribution < -0.4 is 5.32 Å². The number of phenolic OH excluding ortho intramolecular Hbond substituents is 1. The molecule has 0 radical (unpaired) electrons. The molecule has 3 aromatic carbocycles. The van der Waals surface area contributed by atoms with Crippen LogP contribution >= 0.6 is 0 Å². The molecule has 0 spiro atoms. The number of nitrogens with one attached hydrogen (secondary N) is 1. The number of amides is 1. The smallest absolute Gasteiger partial charge is 0.416 e. The molecule has 0 aliphatic rings. The largest absolute Gasteiger partial charge is 0.505 e. The molecule has 0 unspecified atom stereocenters. The van der Waals surface area contributed by atoms with Crippen LogP contribution in [0.3, 0.4) is 0 Å². The van der Waals surface area contributed by atoms with E-state index in [0.29, 0.717) is 10.8 Å². The fourth-order valence-electron chi connectivity index (χ4n) is 3.69. The lowest BCUT2D eigenvalue weighted by atomic mass is 10.0. The number of rotatable bonds is 5. The minimum atomic E-state index is -4.52. The predicted molar refractivity (Wildman–Crippen MR) is 133 cm³/mol. The molecule has 2 aromatic heterocycles. The maximum atomic E-state index is 13.0. The number of phenols is 1. The molecular weight excluding hydrogens is 513 g/mol. The van der Waals surface area contributed by atoms with Gasteiger partial charge in [-0.3, -0.25) is 4.79 Å². The van der Waals surface area contributed by atoms with Crippen molar-refractivity contribution in [2.75, 3.05) is 5.32 Å². The normalized spacial score (nSPS) is 11.5. The Labute approximate surface area is 217 Å². The van der Waals surface area contributed by atoms with Crippen molar-refractivity contribution in [1.82, 2.24) is 19.7 Å². The Morgan fingerprint density at radius 3 is 2.44 bits per heavy atom. The highest BCUT2D eigenvalue weighted by Gasteiger charge is 2.30. The third-order valence-corrected chi connectivity index (χ3v) is 5.56. The second-order valence-electron chi connectivity index (χ2n) is 8.03. The Morgan fingerprint density at radius 1 is 1.03 bits per heavy atom. The molecule has 0 aliphatic heterocycles. The van der Waals surface area contributed by atoms with E-state index in [1.165, 1.54) is 29.3 Å². The molecule has 39 heavy (non-hydrogen) atoms. The van der Waals surface area contributed by atoms with Gasteiger partial charge in [-0.1, -0.05) is 24.3 Å². The number of aromatic hydroxyl groups is 1. The van der Waals surface area contributed by atoms with Gasteiger partial charge in [0.2, 0.25) is 0 Å². The molecule has 0 saturated heterocycles. The van der Waals surface area contributed by atoms with Crippen LogP contribution in [0, 0.1) is 11.3 Å². The number of nitriles is 1. The van der Waals surface area contributed by atoms with Gasteiger partial charge in [-0.25, -0.2) is 9.97 Å². The summed E-state index contributed by atoms with van der Waals surface area (Å²) in [5.41, 5.74) is -0.978. The monoisotopic (exact) mass is 528 g/mol. The first-order valence-corrected chi connectivity index (χ1v) is 11.2. The molecule has 5 aromatic rings. The standard InChI is InChI=1S/C26H15F3N8O2/c27-26(28,29)17-6-8-18(9-7-17)34-24(39)20-12-15-4-1-2-5-19(15)21(22(20)38)35-36-23-16(13-30)14-33-37(23)25-31-10-3-11-32-25/h1-12,14,38H,(H,34,39). The molecule has 2 N–H and O–H groups in total. The maximum absolute atomic E-state index is 13.0. The minimum absolute atomic E-state index is 0.00760. The highest BCUT2D eigenvalue weighted by atomic mass is 19.4. The van der Waals surface area contributed by atoms with Gasteiger partial charge in [0.05, 0.1) is 17.3 Å². The Balaban J connectivity index is 1.55. The molecule has 0 bridgehead atoms.